The van der Waals surface area contributed by atoms with Gasteiger partial charge in [-0.3, -0.25) is 0 Å². The van der Waals surface area contributed by atoms with Gasteiger partial charge in [0.05, 0.1) is 17.7 Å². The lowest BCUT2D eigenvalue weighted by Gasteiger charge is -2.30. The van der Waals surface area contributed by atoms with Crippen LogP contribution >= 0.6 is 0 Å². The van der Waals surface area contributed by atoms with Crippen LogP contribution in [-0.2, 0) is 0 Å². The highest BCUT2D eigenvalue weighted by molar-refractivity contribution is 5.96. The van der Waals surface area contributed by atoms with Crippen LogP contribution < -0.4 is 4.90 Å². The Morgan fingerprint density at radius 3 is 2.75 bits per heavy atom. The average Bonchev–Trinajstić information content (AvgIpc) is 2.28. The fourth-order valence-corrected chi connectivity index (χ4v) is 1.93. The molecule has 1 aliphatic heterocycles. The Morgan fingerprint density at radius 2 is 2.12 bits per heavy atom. The molecule has 2 nitrogen and oxygen atoms in total. The SMILES string of the molecule is C=Cc1cccc2c1C(=C)N=CN2C(C)C. The van der Waals surface area contributed by atoms with E-state index in [2.05, 4.69) is 43.0 Å². The molecule has 0 atom stereocenters. The lowest BCUT2D eigenvalue weighted by molar-refractivity contribution is 0.811. The highest BCUT2D eigenvalue weighted by Crippen LogP contribution is 2.34. The zero-order valence-corrected chi connectivity index (χ0v) is 9.77. The van der Waals surface area contributed by atoms with Crippen molar-refractivity contribution < 1.29 is 0 Å². The van der Waals surface area contributed by atoms with Crippen molar-refractivity contribution in [1.82, 2.24) is 0 Å². The van der Waals surface area contributed by atoms with Gasteiger partial charge in [-0.2, -0.15) is 0 Å². The summed E-state index contributed by atoms with van der Waals surface area (Å²) in [6.45, 7) is 12.1. The van der Waals surface area contributed by atoms with E-state index >= 15 is 0 Å². The van der Waals surface area contributed by atoms with E-state index in [1.165, 1.54) is 0 Å². The van der Waals surface area contributed by atoms with Crippen molar-refractivity contribution in [1.29, 1.82) is 0 Å². The van der Waals surface area contributed by atoms with Gasteiger partial charge >= 0.3 is 0 Å². The number of nitrogens with zero attached hydrogens (tertiary/aromatic N) is 2. The zero-order chi connectivity index (χ0) is 11.7. The van der Waals surface area contributed by atoms with Gasteiger partial charge in [-0.1, -0.05) is 31.4 Å². The second kappa shape index (κ2) is 3.97. The molecular formula is C14H16N2. The Labute approximate surface area is 96.6 Å². The number of hydrogen-bond acceptors (Lipinski definition) is 2. The molecule has 0 aliphatic carbocycles. The minimum absolute atomic E-state index is 0.385. The average molecular weight is 212 g/mol. The number of aliphatic imine (C=N–C) groups is 1. The Kier molecular flexibility index (Phi) is 2.65. The van der Waals surface area contributed by atoms with Crippen molar-refractivity contribution in [3.8, 4) is 0 Å². The fraction of sp³-hybridized carbons (Fsp3) is 0.214. The summed E-state index contributed by atoms with van der Waals surface area (Å²) in [6, 6.07) is 6.56. The maximum Gasteiger partial charge on any atom is 0.0959 e. The van der Waals surface area contributed by atoms with E-state index in [0.29, 0.717) is 6.04 Å². The third kappa shape index (κ3) is 1.56. The molecule has 2 rings (SSSR count). The molecule has 0 spiro atoms. The maximum absolute atomic E-state index is 4.34. The molecule has 1 heterocycles. The van der Waals surface area contributed by atoms with E-state index in [0.717, 1.165) is 22.5 Å². The predicted octanol–water partition coefficient (Wildman–Crippen LogP) is 3.56. The van der Waals surface area contributed by atoms with Gasteiger partial charge in [-0.25, -0.2) is 4.99 Å². The lowest BCUT2D eigenvalue weighted by atomic mass is 10.0. The predicted molar refractivity (Wildman–Crippen MR) is 71.7 cm³/mol. The summed E-state index contributed by atoms with van der Waals surface area (Å²) in [4.78, 5) is 6.49. The van der Waals surface area contributed by atoms with E-state index in [1.807, 2.05) is 24.5 Å². The van der Waals surface area contributed by atoms with Gasteiger partial charge in [0.1, 0.15) is 0 Å². The molecule has 0 radical (unpaired) electrons. The summed E-state index contributed by atoms with van der Waals surface area (Å²) in [6.07, 6.45) is 3.70. The van der Waals surface area contributed by atoms with Crippen molar-refractivity contribution >= 4 is 23.8 Å². The summed E-state index contributed by atoms with van der Waals surface area (Å²) in [5, 5.41) is 0. The fourth-order valence-electron chi connectivity index (χ4n) is 1.93. The van der Waals surface area contributed by atoms with Gasteiger partial charge in [-0.15, -0.1) is 0 Å². The Hall–Kier alpha value is -1.83. The molecule has 0 aromatic heterocycles. The standard InChI is InChI=1S/C14H16N2/c1-5-12-7-6-8-13-14(12)11(4)15-9-16(13)10(2)3/h5-10H,1,4H2,2-3H3. The monoisotopic (exact) mass is 212 g/mol. The summed E-state index contributed by atoms with van der Waals surface area (Å²) >= 11 is 0. The first-order valence-electron chi connectivity index (χ1n) is 5.42. The molecule has 2 heteroatoms. The smallest absolute Gasteiger partial charge is 0.0959 e. The van der Waals surface area contributed by atoms with Crippen molar-refractivity contribution in [3.05, 3.63) is 42.5 Å². The second-order valence-electron chi connectivity index (χ2n) is 4.14. The van der Waals surface area contributed by atoms with Crippen LogP contribution in [0.2, 0.25) is 0 Å². The summed E-state index contributed by atoms with van der Waals surface area (Å²) in [5.41, 5.74) is 4.15. The summed E-state index contributed by atoms with van der Waals surface area (Å²) in [7, 11) is 0. The molecule has 82 valence electrons. The molecular weight excluding hydrogens is 196 g/mol. The highest BCUT2D eigenvalue weighted by Gasteiger charge is 2.19. The van der Waals surface area contributed by atoms with E-state index in [4.69, 9.17) is 0 Å². The molecule has 0 saturated carbocycles. The minimum atomic E-state index is 0.385. The number of anilines is 1. The number of benzene rings is 1. The number of rotatable bonds is 2. The Bertz CT molecular complexity index is 470. The normalized spacial score (nSPS) is 14.2. The third-order valence-corrected chi connectivity index (χ3v) is 2.76. The topological polar surface area (TPSA) is 15.6 Å². The minimum Gasteiger partial charge on any atom is -0.329 e. The van der Waals surface area contributed by atoms with Crippen LogP contribution in [-0.4, -0.2) is 12.4 Å². The Balaban J connectivity index is 2.64. The molecule has 0 N–H and O–H groups in total. The molecule has 0 bridgehead atoms. The summed E-state index contributed by atoms with van der Waals surface area (Å²) < 4.78 is 0. The van der Waals surface area contributed by atoms with E-state index in [-0.39, 0.29) is 0 Å². The first-order chi connectivity index (χ1) is 7.65. The third-order valence-electron chi connectivity index (χ3n) is 2.76. The summed E-state index contributed by atoms with van der Waals surface area (Å²) in [5.74, 6) is 0. The van der Waals surface area contributed by atoms with Crippen LogP contribution in [0.25, 0.3) is 11.8 Å². The molecule has 0 fully saturated rings. The lowest BCUT2D eigenvalue weighted by Crippen LogP contribution is -2.31. The molecule has 1 aliphatic rings. The van der Waals surface area contributed by atoms with Crippen molar-refractivity contribution in [3.63, 3.8) is 0 Å². The quantitative estimate of drug-likeness (QED) is 0.732. The van der Waals surface area contributed by atoms with Gasteiger partial charge in [0.2, 0.25) is 0 Å². The second-order valence-corrected chi connectivity index (χ2v) is 4.14. The highest BCUT2D eigenvalue weighted by atomic mass is 15.2. The zero-order valence-electron chi connectivity index (χ0n) is 9.77. The van der Waals surface area contributed by atoms with Gasteiger partial charge in [0.15, 0.2) is 0 Å². The first kappa shape index (κ1) is 10.7. The van der Waals surface area contributed by atoms with Gasteiger partial charge in [0, 0.05) is 11.6 Å². The number of hydrogen-bond donors (Lipinski definition) is 0. The molecule has 1 aromatic carbocycles. The Morgan fingerprint density at radius 1 is 1.38 bits per heavy atom. The maximum atomic E-state index is 4.34. The van der Waals surface area contributed by atoms with Gasteiger partial charge < -0.3 is 4.90 Å². The van der Waals surface area contributed by atoms with E-state index in [1.54, 1.807) is 0 Å². The van der Waals surface area contributed by atoms with E-state index in [9.17, 15) is 0 Å². The van der Waals surface area contributed by atoms with Gasteiger partial charge in [0.25, 0.3) is 0 Å². The molecule has 0 amide bonds. The van der Waals surface area contributed by atoms with Crippen molar-refractivity contribution in [2.24, 2.45) is 4.99 Å². The van der Waals surface area contributed by atoms with Crippen LogP contribution in [0.3, 0.4) is 0 Å². The largest absolute Gasteiger partial charge is 0.329 e. The first-order valence-corrected chi connectivity index (χ1v) is 5.42. The van der Waals surface area contributed by atoms with Crippen LogP contribution in [0.1, 0.15) is 25.0 Å². The van der Waals surface area contributed by atoms with E-state index < -0.39 is 0 Å². The molecule has 16 heavy (non-hydrogen) atoms. The van der Waals surface area contributed by atoms with Gasteiger partial charge in [-0.05, 0) is 25.5 Å². The van der Waals surface area contributed by atoms with Crippen LogP contribution in [0.4, 0.5) is 5.69 Å². The molecule has 0 saturated heterocycles. The van der Waals surface area contributed by atoms with Crippen LogP contribution in [0.15, 0.2) is 36.3 Å². The van der Waals surface area contributed by atoms with Crippen molar-refractivity contribution in [2.45, 2.75) is 19.9 Å². The molecule has 0 unspecified atom stereocenters. The van der Waals surface area contributed by atoms with Crippen molar-refractivity contribution in [2.75, 3.05) is 4.90 Å². The van der Waals surface area contributed by atoms with Crippen LogP contribution in [0, 0.1) is 0 Å². The molecule has 1 aromatic rings. The number of fused-ring (bicyclic) bond motifs is 1. The van der Waals surface area contributed by atoms with Crippen LogP contribution in [0.5, 0.6) is 0 Å².